The van der Waals surface area contributed by atoms with Crippen LogP contribution >= 0.6 is 0 Å². The lowest BCUT2D eigenvalue weighted by molar-refractivity contribution is 0.317. The Balaban J connectivity index is 2.47. The number of benzene rings is 1. The highest BCUT2D eigenvalue weighted by molar-refractivity contribution is 5.75. The second kappa shape index (κ2) is 7.04. The summed E-state index contributed by atoms with van der Waals surface area (Å²) in [5, 5.41) is 7.57. The Morgan fingerprint density at radius 3 is 2.31 bits per heavy atom. The van der Waals surface area contributed by atoms with Crippen molar-refractivity contribution in [1.82, 2.24) is 0 Å². The van der Waals surface area contributed by atoms with Gasteiger partial charge >= 0.3 is 0 Å². The molecule has 0 amide bonds. The molecule has 1 rings (SSSR count). The summed E-state index contributed by atoms with van der Waals surface area (Å²) in [5.41, 5.74) is 2.53. The monoisotopic (exact) mass is 219 g/mol. The fourth-order valence-corrected chi connectivity index (χ4v) is 1.62. The number of nitrogens with one attached hydrogen (secondary N) is 1. The minimum atomic E-state index is 0.351. The van der Waals surface area contributed by atoms with Gasteiger partial charge in [-0.05, 0) is 30.9 Å². The number of unbranched alkanes of at least 4 members (excludes halogenated alkanes) is 1. The average Bonchev–Trinajstić information content (AvgIpc) is 2.28. The molecule has 0 unspecified atom stereocenters. The van der Waals surface area contributed by atoms with Crippen LogP contribution in [0.15, 0.2) is 24.3 Å². The lowest BCUT2D eigenvalue weighted by Gasteiger charge is -2.06. The van der Waals surface area contributed by atoms with Crippen molar-refractivity contribution in [3.63, 3.8) is 0 Å². The molecule has 0 bridgehead atoms. The highest BCUT2D eigenvalue weighted by Crippen LogP contribution is 2.09. The summed E-state index contributed by atoms with van der Waals surface area (Å²) in [4.78, 5) is 0. The molecular weight excluding hydrogens is 198 g/mol. The third-order valence-corrected chi connectivity index (χ3v) is 2.53. The van der Waals surface area contributed by atoms with Gasteiger partial charge in [0.25, 0.3) is 0 Å². The van der Waals surface area contributed by atoms with Crippen molar-refractivity contribution in [2.24, 2.45) is 0 Å². The highest BCUT2D eigenvalue weighted by atomic mass is 16.5. The van der Waals surface area contributed by atoms with E-state index in [9.17, 15) is 0 Å². The molecule has 16 heavy (non-hydrogen) atoms. The Morgan fingerprint density at radius 1 is 1.12 bits per heavy atom. The molecular formula is C14H21NO. The average molecular weight is 219 g/mol. The molecule has 0 aliphatic rings. The molecule has 2 nitrogen and oxygen atoms in total. The van der Waals surface area contributed by atoms with Crippen LogP contribution in [0, 0.1) is 5.41 Å². The van der Waals surface area contributed by atoms with Crippen molar-refractivity contribution >= 4 is 5.90 Å². The van der Waals surface area contributed by atoms with Gasteiger partial charge in [-0.2, -0.15) is 0 Å². The summed E-state index contributed by atoms with van der Waals surface area (Å²) in [7, 11) is 0. The maximum absolute atomic E-state index is 7.57. The van der Waals surface area contributed by atoms with Crippen LogP contribution in [0.4, 0.5) is 0 Å². The smallest absolute Gasteiger partial charge is 0.184 e. The fraction of sp³-hybridized carbons (Fsp3) is 0.500. The number of aryl methyl sites for hydroxylation is 1. The fourth-order valence-electron chi connectivity index (χ4n) is 1.62. The zero-order valence-corrected chi connectivity index (χ0v) is 10.3. The number of hydrogen-bond donors (Lipinski definition) is 1. The third kappa shape index (κ3) is 4.47. The summed E-state index contributed by atoms with van der Waals surface area (Å²) in [6, 6.07) is 8.51. The summed E-state index contributed by atoms with van der Waals surface area (Å²) >= 11 is 0. The van der Waals surface area contributed by atoms with Crippen molar-refractivity contribution in [2.45, 2.75) is 39.5 Å². The molecule has 1 N–H and O–H groups in total. The van der Waals surface area contributed by atoms with Gasteiger partial charge in [0.15, 0.2) is 5.90 Å². The number of rotatable bonds is 6. The first kappa shape index (κ1) is 12.8. The Morgan fingerprint density at radius 2 is 1.75 bits per heavy atom. The van der Waals surface area contributed by atoms with Crippen LogP contribution < -0.4 is 0 Å². The summed E-state index contributed by atoms with van der Waals surface area (Å²) in [6.07, 6.45) is 4.23. The second-order valence-corrected chi connectivity index (χ2v) is 3.95. The zero-order valence-electron chi connectivity index (χ0n) is 10.3. The van der Waals surface area contributed by atoms with Crippen molar-refractivity contribution in [1.29, 1.82) is 5.41 Å². The van der Waals surface area contributed by atoms with Crippen LogP contribution in [0.1, 0.15) is 37.8 Å². The predicted octanol–water partition coefficient (Wildman–Crippen LogP) is 3.59. The molecule has 0 spiro atoms. The van der Waals surface area contributed by atoms with Crippen molar-refractivity contribution < 1.29 is 4.74 Å². The maximum Gasteiger partial charge on any atom is 0.184 e. The minimum absolute atomic E-state index is 0.351. The minimum Gasteiger partial charge on any atom is -0.481 e. The lowest BCUT2D eigenvalue weighted by Crippen LogP contribution is -2.06. The van der Waals surface area contributed by atoms with Gasteiger partial charge in [-0.15, -0.1) is 0 Å². The topological polar surface area (TPSA) is 33.1 Å². The van der Waals surface area contributed by atoms with Crippen LogP contribution in [0.2, 0.25) is 0 Å². The number of ether oxygens (including phenoxy) is 1. The molecule has 0 aromatic heterocycles. The molecule has 0 fully saturated rings. The molecule has 0 saturated carbocycles. The van der Waals surface area contributed by atoms with E-state index in [1.807, 2.05) is 6.92 Å². The molecule has 0 aliphatic heterocycles. The van der Waals surface area contributed by atoms with Crippen LogP contribution in [-0.4, -0.2) is 12.5 Å². The van der Waals surface area contributed by atoms with E-state index in [1.54, 1.807) is 0 Å². The van der Waals surface area contributed by atoms with Gasteiger partial charge in [0.1, 0.15) is 0 Å². The zero-order chi connectivity index (χ0) is 11.8. The van der Waals surface area contributed by atoms with Crippen LogP contribution in [0.3, 0.4) is 0 Å². The van der Waals surface area contributed by atoms with Crippen molar-refractivity contribution in [3.8, 4) is 0 Å². The quantitative estimate of drug-likeness (QED) is 0.575. The van der Waals surface area contributed by atoms with E-state index in [0.29, 0.717) is 18.9 Å². The summed E-state index contributed by atoms with van der Waals surface area (Å²) < 4.78 is 5.12. The van der Waals surface area contributed by atoms with Gasteiger partial charge < -0.3 is 4.74 Å². The molecule has 0 saturated heterocycles. The molecule has 2 heteroatoms. The maximum atomic E-state index is 7.57. The Kier molecular flexibility index (Phi) is 5.62. The third-order valence-electron chi connectivity index (χ3n) is 2.53. The molecule has 88 valence electrons. The molecule has 0 atom stereocenters. The molecule has 1 aromatic carbocycles. The standard InChI is InChI=1S/C14H21NO/c1-3-5-6-12-7-9-13(10-8-12)11-14(15)16-4-2/h7-10,15H,3-6,11H2,1-2H3. The van der Waals surface area contributed by atoms with Gasteiger partial charge in [0.05, 0.1) is 6.61 Å². The van der Waals surface area contributed by atoms with E-state index < -0.39 is 0 Å². The van der Waals surface area contributed by atoms with Crippen molar-refractivity contribution in [3.05, 3.63) is 35.4 Å². The van der Waals surface area contributed by atoms with E-state index >= 15 is 0 Å². The van der Waals surface area contributed by atoms with Crippen LogP contribution in [-0.2, 0) is 17.6 Å². The van der Waals surface area contributed by atoms with Gasteiger partial charge in [-0.1, -0.05) is 37.6 Å². The lowest BCUT2D eigenvalue weighted by atomic mass is 10.1. The van der Waals surface area contributed by atoms with E-state index in [-0.39, 0.29) is 0 Å². The van der Waals surface area contributed by atoms with E-state index in [0.717, 1.165) is 12.0 Å². The Bertz CT molecular complexity index is 316. The van der Waals surface area contributed by atoms with Gasteiger partial charge in [0, 0.05) is 6.42 Å². The van der Waals surface area contributed by atoms with Crippen LogP contribution in [0.5, 0.6) is 0 Å². The van der Waals surface area contributed by atoms with E-state index in [2.05, 4.69) is 31.2 Å². The van der Waals surface area contributed by atoms with Gasteiger partial charge in [0.2, 0.25) is 0 Å². The first-order valence-electron chi connectivity index (χ1n) is 6.04. The second-order valence-electron chi connectivity index (χ2n) is 3.95. The highest BCUT2D eigenvalue weighted by Gasteiger charge is 2.00. The Hall–Kier alpha value is -1.31. The van der Waals surface area contributed by atoms with Gasteiger partial charge in [-0.3, -0.25) is 5.41 Å². The molecule has 0 aliphatic carbocycles. The first-order valence-corrected chi connectivity index (χ1v) is 6.04. The molecule has 0 radical (unpaired) electrons. The normalized spacial score (nSPS) is 10.1. The van der Waals surface area contributed by atoms with E-state index in [4.69, 9.17) is 10.1 Å². The van der Waals surface area contributed by atoms with Crippen molar-refractivity contribution in [2.75, 3.05) is 6.61 Å². The summed E-state index contributed by atoms with van der Waals surface area (Å²) in [6.45, 7) is 4.69. The van der Waals surface area contributed by atoms with E-state index in [1.165, 1.54) is 18.4 Å². The molecule has 1 aromatic rings. The predicted molar refractivity (Wildman–Crippen MR) is 68.1 cm³/mol. The first-order chi connectivity index (χ1) is 7.76. The molecule has 0 heterocycles. The summed E-state index contributed by atoms with van der Waals surface area (Å²) in [5.74, 6) is 0.351. The SMILES string of the molecule is CCCCc1ccc(CC(=N)OCC)cc1. The van der Waals surface area contributed by atoms with Gasteiger partial charge in [-0.25, -0.2) is 0 Å². The largest absolute Gasteiger partial charge is 0.481 e. The Labute approximate surface area is 98.1 Å². The van der Waals surface area contributed by atoms with Crippen LogP contribution in [0.25, 0.3) is 0 Å². The number of hydrogen-bond acceptors (Lipinski definition) is 2.